The molecule has 0 heterocycles. The molecule has 0 aromatic carbocycles. The van der Waals surface area contributed by atoms with Crippen molar-refractivity contribution in [3.8, 4) is 0 Å². The van der Waals surface area contributed by atoms with Crippen molar-refractivity contribution in [2.45, 2.75) is 0 Å². The summed E-state index contributed by atoms with van der Waals surface area (Å²) in [5.74, 6) is 0. The van der Waals surface area contributed by atoms with Crippen molar-refractivity contribution >= 4 is 10.4 Å². The summed E-state index contributed by atoms with van der Waals surface area (Å²) in [6.07, 6.45) is 0. The Kier molecular flexibility index (Phi) is 1140. The first-order chi connectivity index (χ1) is 2.00. The molecular weight excluding hydrogens is 360 g/mol. The molecule has 0 amide bonds. The molecule has 0 aliphatic heterocycles. The Morgan fingerprint density at radius 3 is 0.474 bits per heavy atom. The zero-order chi connectivity index (χ0) is 4.50. The van der Waals surface area contributed by atoms with E-state index in [9.17, 15) is 0 Å². The summed E-state index contributed by atoms with van der Waals surface area (Å²) in [7, 11) is -5.17. The molecule has 120 valence electrons. The zero-order valence-corrected chi connectivity index (χ0v) is 18.0. The topological polar surface area (TPSA) is 395 Å². The van der Waals surface area contributed by atoms with Crippen molar-refractivity contribution in [3.05, 3.63) is 0 Å². The molecule has 19 heavy (non-hydrogen) atoms. The van der Waals surface area contributed by atoms with Crippen LogP contribution in [0.25, 0.3) is 0 Å². The van der Waals surface area contributed by atoms with E-state index in [4.69, 9.17) is 17.5 Å². The summed E-state index contributed by atoms with van der Waals surface area (Å²) in [4.78, 5) is 0. The van der Waals surface area contributed by atoms with Gasteiger partial charge in [0, 0.05) is 10.4 Å². The SMILES string of the molecule is O.O.O.O.O.O.O.O.O.O.O=S(=O)([O-])[O-].[Cl-].[Na+].[Na+].[Na+]. The van der Waals surface area contributed by atoms with Crippen molar-refractivity contribution < 1.29 is 173 Å². The van der Waals surface area contributed by atoms with Gasteiger partial charge in [0.2, 0.25) is 0 Å². The van der Waals surface area contributed by atoms with Crippen LogP contribution in [-0.4, -0.2) is 72.3 Å². The first kappa shape index (κ1) is 205. The fourth-order valence-electron chi connectivity index (χ4n) is 0. The molecule has 20 N–H and O–H groups in total. The summed E-state index contributed by atoms with van der Waals surface area (Å²) in [5.41, 5.74) is 0. The molecule has 0 aromatic rings. The fourth-order valence-corrected chi connectivity index (χ4v) is 0. The van der Waals surface area contributed by atoms with E-state index in [0.29, 0.717) is 0 Å². The van der Waals surface area contributed by atoms with E-state index in [1.807, 2.05) is 0 Å². The molecule has 0 atom stereocenters. The van der Waals surface area contributed by atoms with E-state index >= 15 is 0 Å². The maximum absolute atomic E-state index is 8.52. The Labute approximate surface area is 181 Å². The molecule has 0 unspecified atom stereocenters. The van der Waals surface area contributed by atoms with E-state index in [-0.39, 0.29) is 156 Å². The van der Waals surface area contributed by atoms with Crippen LogP contribution in [0.2, 0.25) is 0 Å². The minimum Gasteiger partial charge on any atom is -1.00 e. The third kappa shape index (κ3) is 959. The van der Waals surface area contributed by atoms with E-state index in [0.717, 1.165) is 0 Å². The van der Waals surface area contributed by atoms with Crippen molar-refractivity contribution in [3.63, 3.8) is 0 Å². The van der Waals surface area contributed by atoms with Gasteiger partial charge in [-0.25, -0.2) is 0 Å². The van der Waals surface area contributed by atoms with E-state index in [1.54, 1.807) is 0 Å². The number of hydrogen-bond donors (Lipinski definition) is 0. The summed E-state index contributed by atoms with van der Waals surface area (Å²) in [6, 6.07) is 0. The molecule has 0 saturated heterocycles. The van der Waals surface area contributed by atoms with Crippen LogP contribution in [0.4, 0.5) is 0 Å². The summed E-state index contributed by atoms with van der Waals surface area (Å²) in [6.45, 7) is 0. The van der Waals surface area contributed by atoms with Crippen molar-refractivity contribution in [1.82, 2.24) is 0 Å². The Morgan fingerprint density at radius 1 is 0.474 bits per heavy atom. The van der Waals surface area contributed by atoms with Crippen LogP contribution in [0.15, 0.2) is 0 Å². The molecule has 0 bridgehead atoms. The largest absolute Gasteiger partial charge is 1.00 e. The molecule has 0 aliphatic carbocycles. The monoisotopic (exact) mass is 380 g/mol. The molecule has 0 aliphatic rings. The minimum absolute atomic E-state index is 0. The molecular formula is H20ClNa3O14S. The minimum atomic E-state index is -5.17. The van der Waals surface area contributed by atoms with Gasteiger partial charge in [-0.15, -0.1) is 0 Å². The molecule has 0 fully saturated rings. The Hall–Kier alpha value is 2.76. The summed E-state index contributed by atoms with van der Waals surface area (Å²) < 4.78 is 34.1. The van der Waals surface area contributed by atoms with Crippen LogP contribution in [0, 0.1) is 0 Å². The normalized spacial score (nSPS) is 3.05. The van der Waals surface area contributed by atoms with Crippen LogP contribution in [0.1, 0.15) is 0 Å². The third-order valence-corrected chi connectivity index (χ3v) is 0. The van der Waals surface area contributed by atoms with Crippen LogP contribution in [0.3, 0.4) is 0 Å². The van der Waals surface area contributed by atoms with Crippen LogP contribution < -0.4 is 101 Å². The molecule has 0 saturated carbocycles. The quantitative estimate of drug-likeness (QED) is 0.224. The molecule has 19 heteroatoms. The summed E-state index contributed by atoms with van der Waals surface area (Å²) in [5, 5.41) is 0. The number of halogens is 1. The Balaban J connectivity index is -0.000000000879. The van der Waals surface area contributed by atoms with E-state index in [1.165, 1.54) is 0 Å². The number of rotatable bonds is 0. The van der Waals surface area contributed by atoms with Crippen LogP contribution in [0.5, 0.6) is 0 Å². The molecule has 0 aromatic heterocycles. The van der Waals surface area contributed by atoms with Gasteiger partial charge in [0.25, 0.3) is 0 Å². The Bertz CT molecular complexity index is 106. The average Bonchev–Trinajstić information content (AvgIpc) is 0.722. The van der Waals surface area contributed by atoms with Gasteiger partial charge in [0.15, 0.2) is 0 Å². The second-order valence-corrected chi connectivity index (χ2v) is 1.22. The van der Waals surface area contributed by atoms with Gasteiger partial charge in [-0.05, 0) is 0 Å². The maximum Gasteiger partial charge on any atom is 1.00 e. The summed E-state index contributed by atoms with van der Waals surface area (Å²) >= 11 is 0. The zero-order valence-electron chi connectivity index (χ0n) is 10.4. The smallest absolute Gasteiger partial charge is 1.00 e. The maximum atomic E-state index is 8.52. The second-order valence-electron chi connectivity index (χ2n) is 0.408. The predicted molar refractivity (Wildman–Crippen MR) is 46.6 cm³/mol. The molecule has 0 spiro atoms. The van der Waals surface area contributed by atoms with Crippen molar-refractivity contribution in [2.75, 3.05) is 0 Å². The van der Waals surface area contributed by atoms with Crippen LogP contribution in [-0.2, 0) is 10.4 Å². The fraction of sp³-hybridized carbons (Fsp3) is 0. The van der Waals surface area contributed by atoms with Gasteiger partial charge >= 0.3 is 88.7 Å². The van der Waals surface area contributed by atoms with Crippen LogP contribution >= 0.6 is 0 Å². The molecule has 0 radical (unpaired) electrons. The van der Waals surface area contributed by atoms with Gasteiger partial charge < -0.3 is 76.3 Å². The van der Waals surface area contributed by atoms with Crippen molar-refractivity contribution in [2.24, 2.45) is 0 Å². The standard InChI is InChI=1S/ClH.3Na.H2O4S.10H2O/c;;;;1-5(2,3)4;;;;;;;;;;/h1H;;;;(H2,1,2,3,4);10*1H2/q;3*+1;;;;;;;;;;;/p-3. The first-order valence-corrected chi connectivity index (χ1v) is 2.00. The van der Waals surface area contributed by atoms with E-state index in [2.05, 4.69) is 0 Å². The third-order valence-electron chi connectivity index (χ3n) is 0. The first-order valence-electron chi connectivity index (χ1n) is 0.667. The van der Waals surface area contributed by atoms with Gasteiger partial charge in [-0.2, -0.15) is 0 Å². The Morgan fingerprint density at radius 2 is 0.474 bits per heavy atom. The number of hydrogen-bond acceptors (Lipinski definition) is 4. The molecule has 14 nitrogen and oxygen atoms in total. The van der Waals surface area contributed by atoms with Gasteiger partial charge in [-0.3, -0.25) is 8.42 Å². The molecule has 0 rings (SSSR count). The predicted octanol–water partition coefficient (Wildman–Crippen LogP) is -21.6. The van der Waals surface area contributed by atoms with E-state index < -0.39 is 10.4 Å². The average molecular weight is 381 g/mol. The van der Waals surface area contributed by atoms with Crippen molar-refractivity contribution in [1.29, 1.82) is 0 Å². The van der Waals surface area contributed by atoms with Gasteiger partial charge in [-0.1, -0.05) is 0 Å². The van der Waals surface area contributed by atoms with Gasteiger partial charge in [0.1, 0.15) is 0 Å². The second kappa shape index (κ2) is 106. The van der Waals surface area contributed by atoms with Gasteiger partial charge in [0.05, 0.1) is 0 Å².